The van der Waals surface area contributed by atoms with E-state index >= 15 is 0 Å². The van der Waals surface area contributed by atoms with E-state index in [4.69, 9.17) is 4.74 Å². The average Bonchev–Trinajstić information content (AvgIpc) is 2.97. The summed E-state index contributed by atoms with van der Waals surface area (Å²) in [5.74, 6) is 5.32. The fourth-order valence-corrected chi connectivity index (χ4v) is 6.59. The molecule has 0 amide bonds. The SMILES string of the molecule is CNC(CCCC1CCCO1)C1C2CC3CC(C2)CC1C3. The van der Waals surface area contributed by atoms with Gasteiger partial charge >= 0.3 is 0 Å². The van der Waals surface area contributed by atoms with E-state index < -0.39 is 0 Å². The van der Waals surface area contributed by atoms with Gasteiger partial charge in [0.2, 0.25) is 0 Å². The third-order valence-corrected chi connectivity index (χ3v) is 7.20. The molecule has 1 N–H and O–H groups in total. The summed E-state index contributed by atoms with van der Waals surface area (Å²) in [5.41, 5.74) is 0. The van der Waals surface area contributed by atoms with Crippen molar-refractivity contribution in [3.05, 3.63) is 0 Å². The molecule has 2 atom stereocenters. The van der Waals surface area contributed by atoms with Gasteiger partial charge < -0.3 is 10.1 Å². The molecular weight excluding hydrogens is 258 g/mol. The van der Waals surface area contributed by atoms with Gasteiger partial charge in [0.1, 0.15) is 0 Å². The van der Waals surface area contributed by atoms with Crippen LogP contribution >= 0.6 is 0 Å². The Kier molecular flexibility index (Phi) is 4.28. The van der Waals surface area contributed by atoms with Crippen LogP contribution in [0, 0.1) is 29.6 Å². The summed E-state index contributed by atoms with van der Waals surface area (Å²) in [7, 11) is 2.21. The molecule has 2 unspecified atom stereocenters. The van der Waals surface area contributed by atoms with Crippen LogP contribution in [0.3, 0.4) is 0 Å². The van der Waals surface area contributed by atoms with Gasteiger partial charge in [0.15, 0.2) is 0 Å². The smallest absolute Gasteiger partial charge is 0.0576 e. The predicted octanol–water partition coefficient (Wildman–Crippen LogP) is 4.00. The second-order valence-electron chi connectivity index (χ2n) is 8.47. The van der Waals surface area contributed by atoms with E-state index in [1.807, 2.05) is 0 Å². The van der Waals surface area contributed by atoms with E-state index in [2.05, 4.69) is 12.4 Å². The lowest BCUT2D eigenvalue weighted by Gasteiger charge is -2.56. The molecule has 0 aromatic heterocycles. The molecule has 5 rings (SSSR count). The predicted molar refractivity (Wildman–Crippen MR) is 86.2 cm³/mol. The van der Waals surface area contributed by atoms with Crippen LogP contribution in [-0.4, -0.2) is 25.8 Å². The fourth-order valence-electron chi connectivity index (χ4n) is 6.59. The molecule has 1 heterocycles. The zero-order valence-corrected chi connectivity index (χ0v) is 13.7. The summed E-state index contributed by atoms with van der Waals surface area (Å²) >= 11 is 0. The minimum atomic E-state index is 0.584. The number of hydrogen-bond donors (Lipinski definition) is 1. The van der Waals surface area contributed by atoms with Crippen LogP contribution in [0.25, 0.3) is 0 Å². The lowest BCUT2D eigenvalue weighted by Crippen LogP contribution is -2.52. The molecule has 1 aliphatic heterocycles. The van der Waals surface area contributed by atoms with Crippen molar-refractivity contribution in [3.8, 4) is 0 Å². The van der Waals surface area contributed by atoms with Crippen molar-refractivity contribution in [2.45, 2.75) is 76.4 Å². The monoisotopic (exact) mass is 291 g/mol. The van der Waals surface area contributed by atoms with Crippen LogP contribution in [0.2, 0.25) is 0 Å². The standard InChI is InChI=1S/C19H33NO/c1-20-18(6-2-4-17-5-3-7-21-17)19-15-9-13-8-14(11-15)12-16(19)10-13/h13-20H,2-12H2,1H3. The second-order valence-corrected chi connectivity index (χ2v) is 8.47. The summed E-state index contributed by atoms with van der Waals surface area (Å²) < 4.78 is 5.79. The molecule has 4 saturated carbocycles. The Morgan fingerprint density at radius 3 is 2.33 bits per heavy atom. The highest BCUT2D eigenvalue weighted by atomic mass is 16.5. The topological polar surface area (TPSA) is 21.3 Å². The van der Waals surface area contributed by atoms with Gasteiger partial charge in [-0.15, -0.1) is 0 Å². The lowest BCUT2D eigenvalue weighted by atomic mass is 9.50. The molecule has 4 aliphatic carbocycles. The number of ether oxygens (including phenoxy) is 1. The van der Waals surface area contributed by atoms with E-state index in [9.17, 15) is 0 Å². The van der Waals surface area contributed by atoms with Crippen LogP contribution in [0.5, 0.6) is 0 Å². The lowest BCUT2D eigenvalue weighted by molar-refractivity contribution is -0.0525. The molecule has 4 bridgehead atoms. The van der Waals surface area contributed by atoms with Gasteiger partial charge in [-0.1, -0.05) is 0 Å². The van der Waals surface area contributed by atoms with Crippen molar-refractivity contribution in [1.29, 1.82) is 0 Å². The molecular formula is C19H33NO. The number of hydrogen-bond acceptors (Lipinski definition) is 2. The second kappa shape index (κ2) is 6.20. The molecule has 21 heavy (non-hydrogen) atoms. The largest absolute Gasteiger partial charge is 0.378 e. The summed E-state index contributed by atoms with van der Waals surface area (Å²) in [6.07, 6.45) is 15.0. The molecule has 1 saturated heterocycles. The minimum absolute atomic E-state index is 0.584. The Balaban J connectivity index is 1.32. The van der Waals surface area contributed by atoms with Gasteiger partial charge in [0, 0.05) is 12.6 Å². The summed E-state index contributed by atoms with van der Waals surface area (Å²) in [6.45, 7) is 1.01. The van der Waals surface area contributed by atoms with Gasteiger partial charge in [-0.3, -0.25) is 0 Å². The van der Waals surface area contributed by atoms with Gasteiger partial charge in [-0.25, -0.2) is 0 Å². The number of rotatable bonds is 6. The highest BCUT2D eigenvalue weighted by Gasteiger charge is 2.49. The normalized spacial score (nSPS) is 46.1. The van der Waals surface area contributed by atoms with Gasteiger partial charge in [0.05, 0.1) is 6.10 Å². The van der Waals surface area contributed by atoms with Crippen molar-refractivity contribution in [2.75, 3.05) is 13.7 Å². The highest BCUT2D eigenvalue weighted by molar-refractivity contribution is 5.01. The van der Waals surface area contributed by atoms with Gasteiger partial charge in [-0.05, 0) is 101 Å². The van der Waals surface area contributed by atoms with Crippen LogP contribution in [0.1, 0.15) is 64.2 Å². The first kappa shape index (κ1) is 14.5. The van der Waals surface area contributed by atoms with E-state index in [0.29, 0.717) is 6.10 Å². The Morgan fingerprint density at radius 2 is 1.76 bits per heavy atom. The van der Waals surface area contributed by atoms with Gasteiger partial charge in [-0.2, -0.15) is 0 Å². The third-order valence-electron chi connectivity index (χ3n) is 7.20. The maximum atomic E-state index is 5.79. The third kappa shape index (κ3) is 2.91. The van der Waals surface area contributed by atoms with Gasteiger partial charge in [0.25, 0.3) is 0 Å². The van der Waals surface area contributed by atoms with Crippen molar-refractivity contribution < 1.29 is 4.74 Å². The number of nitrogens with one attached hydrogen (secondary N) is 1. The first-order valence-corrected chi connectivity index (χ1v) is 9.62. The van der Waals surface area contributed by atoms with E-state index in [0.717, 1.165) is 42.2 Å². The average molecular weight is 291 g/mol. The van der Waals surface area contributed by atoms with Crippen LogP contribution in [-0.2, 0) is 4.74 Å². The molecule has 0 radical (unpaired) electrons. The molecule has 2 nitrogen and oxygen atoms in total. The van der Waals surface area contributed by atoms with E-state index in [1.54, 1.807) is 32.1 Å². The van der Waals surface area contributed by atoms with Crippen molar-refractivity contribution in [1.82, 2.24) is 5.32 Å². The van der Waals surface area contributed by atoms with Crippen LogP contribution in [0.4, 0.5) is 0 Å². The van der Waals surface area contributed by atoms with Crippen LogP contribution < -0.4 is 5.32 Å². The molecule has 5 aliphatic rings. The molecule has 2 heteroatoms. The Labute approximate surface area is 130 Å². The molecule has 120 valence electrons. The Morgan fingerprint density at radius 1 is 1.05 bits per heavy atom. The zero-order chi connectivity index (χ0) is 14.2. The van der Waals surface area contributed by atoms with Crippen LogP contribution in [0.15, 0.2) is 0 Å². The highest BCUT2D eigenvalue weighted by Crippen LogP contribution is 2.57. The summed E-state index contributed by atoms with van der Waals surface area (Å²) in [5, 5.41) is 3.71. The summed E-state index contributed by atoms with van der Waals surface area (Å²) in [4.78, 5) is 0. The minimum Gasteiger partial charge on any atom is -0.378 e. The van der Waals surface area contributed by atoms with Crippen molar-refractivity contribution >= 4 is 0 Å². The maximum Gasteiger partial charge on any atom is 0.0576 e. The molecule has 0 aromatic rings. The maximum absolute atomic E-state index is 5.79. The fraction of sp³-hybridized carbons (Fsp3) is 1.00. The first-order valence-electron chi connectivity index (χ1n) is 9.62. The molecule has 0 spiro atoms. The van der Waals surface area contributed by atoms with E-state index in [1.165, 1.54) is 32.1 Å². The molecule has 0 aromatic carbocycles. The van der Waals surface area contributed by atoms with E-state index in [-0.39, 0.29) is 0 Å². The summed E-state index contributed by atoms with van der Waals surface area (Å²) in [6, 6.07) is 0.779. The first-order chi connectivity index (χ1) is 10.3. The Bertz CT molecular complexity index is 321. The zero-order valence-electron chi connectivity index (χ0n) is 13.7. The quantitative estimate of drug-likeness (QED) is 0.799. The Hall–Kier alpha value is -0.0800. The molecule has 5 fully saturated rings. The van der Waals surface area contributed by atoms with Crippen molar-refractivity contribution in [2.24, 2.45) is 29.6 Å². The van der Waals surface area contributed by atoms with Crippen molar-refractivity contribution in [3.63, 3.8) is 0 Å².